The summed E-state index contributed by atoms with van der Waals surface area (Å²) in [7, 11) is 0. The highest BCUT2D eigenvalue weighted by Gasteiger charge is 2.18. The van der Waals surface area contributed by atoms with Gasteiger partial charge in [-0.15, -0.1) is 11.8 Å². The fourth-order valence-corrected chi connectivity index (χ4v) is 3.95. The number of anilines is 1. The topological polar surface area (TPSA) is 55.4 Å². The molecule has 4 nitrogen and oxygen atoms in total. The van der Waals surface area contributed by atoms with E-state index in [1.165, 1.54) is 6.92 Å². The van der Waals surface area contributed by atoms with Crippen LogP contribution < -0.4 is 5.32 Å². The highest BCUT2D eigenvalue weighted by molar-refractivity contribution is 7.99. The number of thioether (sulfide) groups is 1. The Labute approximate surface area is 152 Å². The monoisotopic (exact) mass is 355 g/mol. The summed E-state index contributed by atoms with van der Waals surface area (Å²) in [5.74, 6) is 0.565. The molecule has 2 aromatic carbocycles. The van der Waals surface area contributed by atoms with Crippen LogP contribution in [-0.2, 0) is 4.74 Å². The Kier molecular flexibility index (Phi) is 5.89. The summed E-state index contributed by atoms with van der Waals surface area (Å²) in [6.07, 6.45) is 2.45. The van der Waals surface area contributed by atoms with Gasteiger partial charge in [0.15, 0.2) is 5.78 Å². The van der Waals surface area contributed by atoms with E-state index in [1.54, 1.807) is 36.0 Å². The van der Waals surface area contributed by atoms with Crippen LogP contribution in [0.3, 0.4) is 0 Å². The first kappa shape index (κ1) is 17.7. The van der Waals surface area contributed by atoms with Crippen LogP contribution in [0.1, 0.15) is 40.5 Å². The first-order valence-electron chi connectivity index (χ1n) is 8.40. The zero-order valence-corrected chi connectivity index (χ0v) is 15.0. The lowest BCUT2D eigenvalue weighted by Crippen LogP contribution is -2.15. The molecular formula is C20H21NO3S. The molecule has 1 aliphatic rings. The van der Waals surface area contributed by atoms with Gasteiger partial charge in [0.1, 0.15) is 0 Å². The second-order valence-electron chi connectivity index (χ2n) is 6.00. The van der Waals surface area contributed by atoms with E-state index in [0.29, 0.717) is 16.8 Å². The third kappa shape index (κ3) is 4.50. The maximum absolute atomic E-state index is 12.7. The highest BCUT2D eigenvalue weighted by atomic mass is 32.2. The van der Waals surface area contributed by atoms with Gasteiger partial charge in [0, 0.05) is 22.8 Å². The van der Waals surface area contributed by atoms with E-state index in [4.69, 9.17) is 4.74 Å². The minimum Gasteiger partial charge on any atom is -0.377 e. The molecule has 1 saturated heterocycles. The molecule has 25 heavy (non-hydrogen) atoms. The maximum atomic E-state index is 12.7. The lowest BCUT2D eigenvalue weighted by atomic mass is 10.1. The molecule has 0 saturated carbocycles. The molecule has 5 heteroatoms. The zero-order valence-electron chi connectivity index (χ0n) is 14.2. The van der Waals surface area contributed by atoms with Crippen LogP contribution >= 0.6 is 11.8 Å². The molecule has 130 valence electrons. The summed E-state index contributed by atoms with van der Waals surface area (Å²) in [6.45, 7) is 2.32. The summed E-state index contributed by atoms with van der Waals surface area (Å²) in [5.41, 5.74) is 1.67. The number of carbonyl (C=O) groups excluding carboxylic acids is 2. The van der Waals surface area contributed by atoms with Gasteiger partial charge in [-0.1, -0.05) is 24.3 Å². The van der Waals surface area contributed by atoms with Crippen molar-refractivity contribution in [2.45, 2.75) is 30.8 Å². The Morgan fingerprint density at radius 3 is 2.56 bits per heavy atom. The number of Topliss-reactive ketones (excluding diaryl/α,β-unsaturated/α-hetero) is 1. The van der Waals surface area contributed by atoms with Crippen LogP contribution in [0.2, 0.25) is 0 Å². The summed E-state index contributed by atoms with van der Waals surface area (Å²) in [5, 5.41) is 2.87. The third-order valence-corrected chi connectivity index (χ3v) is 5.34. The number of nitrogens with one attached hydrogen (secondary N) is 1. The van der Waals surface area contributed by atoms with Gasteiger partial charge in [-0.2, -0.15) is 0 Å². The van der Waals surface area contributed by atoms with Gasteiger partial charge >= 0.3 is 0 Å². The molecule has 2 aromatic rings. The first-order valence-corrected chi connectivity index (χ1v) is 9.38. The van der Waals surface area contributed by atoms with E-state index in [2.05, 4.69) is 5.32 Å². The number of benzene rings is 2. The molecule has 1 N–H and O–H groups in total. The van der Waals surface area contributed by atoms with E-state index in [1.807, 2.05) is 24.3 Å². The van der Waals surface area contributed by atoms with Crippen molar-refractivity contribution in [2.75, 3.05) is 17.7 Å². The number of hydrogen-bond acceptors (Lipinski definition) is 4. The van der Waals surface area contributed by atoms with Crippen molar-refractivity contribution < 1.29 is 14.3 Å². The molecule has 1 fully saturated rings. The van der Waals surface area contributed by atoms with Crippen LogP contribution in [0.15, 0.2) is 53.4 Å². The lowest BCUT2D eigenvalue weighted by Gasteiger charge is -2.13. The molecule has 1 amide bonds. The Morgan fingerprint density at radius 2 is 1.84 bits per heavy atom. The van der Waals surface area contributed by atoms with Crippen LogP contribution in [0.25, 0.3) is 0 Å². The minimum atomic E-state index is -0.204. The SMILES string of the molecule is CC(=O)c1ccccc1NC(=O)c1ccccc1SC[C@H]1CCCO1. The van der Waals surface area contributed by atoms with Crippen molar-refractivity contribution in [1.82, 2.24) is 0 Å². The summed E-state index contributed by atoms with van der Waals surface area (Å²) in [4.78, 5) is 25.4. The number of carbonyl (C=O) groups is 2. The lowest BCUT2D eigenvalue weighted by molar-refractivity contribution is 0.101. The number of hydrogen-bond donors (Lipinski definition) is 1. The first-order chi connectivity index (χ1) is 12.1. The number of ketones is 1. The minimum absolute atomic E-state index is 0.0723. The molecule has 0 radical (unpaired) electrons. The quantitative estimate of drug-likeness (QED) is 0.616. The fourth-order valence-electron chi connectivity index (χ4n) is 2.83. The Bertz CT molecular complexity index is 769. The van der Waals surface area contributed by atoms with Gasteiger partial charge < -0.3 is 10.1 Å². The smallest absolute Gasteiger partial charge is 0.256 e. The third-order valence-electron chi connectivity index (χ3n) is 4.13. The number of amides is 1. The molecular weight excluding hydrogens is 334 g/mol. The Balaban J connectivity index is 1.75. The number of ether oxygens (including phenoxy) is 1. The average Bonchev–Trinajstić information content (AvgIpc) is 3.14. The number of para-hydroxylation sites is 1. The molecule has 1 atom stereocenters. The van der Waals surface area contributed by atoms with E-state index in [9.17, 15) is 9.59 Å². The largest absolute Gasteiger partial charge is 0.377 e. The van der Waals surface area contributed by atoms with Crippen LogP contribution in [0.4, 0.5) is 5.69 Å². The van der Waals surface area contributed by atoms with Crippen molar-refractivity contribution >= 4 is 29.1 Å². The van der Waals surface area contributed by atoms with Gasteiger partial charge in [-0.3, -0.25) is 9.59 Å². The van der Waals surface area contributed by atoms with Gasteiger partial charge in [-0.25, -0.2) is 0 Å². The normalized spacial score (nSPS) is 16.6. The van der Waals surface area contributed by atoms with Crippen LogP contribution in [0.5, 0.6) is 0 Å². The van der Waals surface area contributed by atoms with E-state index < -0.39 is 0 Å². The van der Waals surface area contributed by atoms with E-state index in [0.717, 1.165) is 30.1 Å². The van der Waals surface area contributed by atoms with Gasteiger partial charge in [0.25, 0.3) is 5.91 Å². The van der Waals surface area contributed by atoms with Crippen molar-refractivity contribution in [3.8, 4) is 0 Å². The fraction of sp³-hybridized carbons (Fsp3) is 0.300. The second-order valence-corrected chi connectivity index (χ2v) is 7.06. The maximum Gasteiger partial charge on any atom is 0.256 e. The molecule has 0 spiro atoms. The molecule has 1 heterocycles. The van der Waals surface area contributed by atoms with Gasteiger partial charge in [0.2, 0.25) is 0 Å². The van der Waals surface area contributed by atoms with E-state index >= 15 is 0 Å². The van der Waals surface area contributed by atoms with Crippen molar-refractivity contribution in [1.29, 1.82) is 0 Å². The van der Waals surface area contributed by atoms with Gasteiger partial charge in [0.05, 0.1) is 17.4 Å². The summed E-state index contributed by atoms with van der Waals surface area (Å²) < 4.78 is 5.65. The Hall–Kier alpha value is -2.11. The number of rotatable bonds is 6. The predicted molar refractivity (Wildman–Crippen MR) is 101 cm³/mol. The molecule has 1 aliphatic heterocycles. The Morgan fingerprint density at radius 1 is 1.12 bits per heavy atom. The molecule has 0 bridgehead atoms. The van der Waals surface area contributed by atoms with E-state index in [-0.39, 0.29) is 17.8 Å². The molecule has 0 unspecified atom stereocenters. The van der Waals surface area contributed by atoms with Crippen molar-refractivity contribution in [2.24, 2.45) is 0 Å². The van der Waals surface area contributed by atoms with Crippen LogP contribution in [-0.4, -0.2) is 30.2 Å². The summed E-state index contributed by atoms with van der Waals surface area (Å²) >= 11 is 1.64. The standard InChI is InChI=1S/C20H21NO3S/c1-14(22)16-8-2-4-10-18(16)21-20(23)17-9-3-5-11-19(17)25-13-15-7-6-12-24-15/h2-5,8-11,15H,6-7,12-13H2,1H3,(H,21,23)/t15-/m1/s1. The van der Waals surface area contributed by atoms with Gasteiger partial charge in [-0.05, 0) is 44.0 Å². The molecule has 3 rings (SSSR count). The highest BCUT2D eigenvalue weighted by Crippen LogP contribution is 2.27. The summed E-state index contributed by atoms with van der Waals surface area (Å²) in [6, 6.07) is 14.6. The van der Waals surface area contributed by atoms with Crippen molar-refractivity contribution in [3.05, 3.63) is 59.7 Å². The molecule has 0 aromatic heterocycles. The average molecular weight is 355 g/mol. The van der Waals surface area contributed by atoms with Crippen molar-refractivity contribution in [3.63, 3.8) is 0 Å². The molecule has 0 aliphatic carbocycles. The second kappa shape index (κ2) is 8.32. The van der Waals surface area contributed by atoms with Crippen LogP contribution in [0, 0.1) is 0 Å². The zero-order chi connectivity index (χ0) is 17.6. The predicted octanol–water partition coefficient (Wildman–Crippen LogP) is 4.41.